The minimum absolute atomic E-state index is 0.747. The second-order valence-corrected chi connectivity index (χ2v) is 6.13. The molecule has 0 aliphatic heterocycles. The van der Waals surface area contributed by atoms with E-state index in [1.807, 2.05) is 73.8 Å². The van der Waals surface area contributed by atoms with Crippen molar-refractivity contribution < 1.29 is 9.26 Å². The first-order chi connectivity index (χ1) is 13.3. The highest BCUT2D eigenvalue weighted by atomic mass is 16.5. The highest BCUT2D eigenvalue weighted by molar-refractivity contribution is 5.93. The Hall–Kier alpha value is -3.53. The topological polar surface area (TPSA) is 47.3 Å². The highest BCUT2D eigenvalue weighted by Gasteiger charge is 2.22. The average Bonchev–Trinajstić information content (AvgIpc) is 3.19. The van der Waals surface area contributed by atoms with Crippen LogP contribution in [0.15, 0.2) is 83.4 Å². The molecule has 4 heteroatoms. The summed E-state index contributed by atoms with van der Waals surface area (Å²) in [5.41, 5.74) is 5.79. The Morgan fingerprint density at radius 2 is 1.52 bits per heavy atom. The van der Waals surface area contributed by atoms with Crippen LogP contribution in [-0.2, 0) is 0 Å². The van der Waals surface area contributed by atoms with Crippen LogP contribution in [0.1, 0.15) is 0 Å². The molecule has 1 N–H and O–H groups in total. The van der Waals surface area contributed by atoms with Gasteiger partial charge in [0.15, 0.2) is 5.76 Å². The lowest BCUT2D eigenvalue weighted by Crippen LogP contribution is -1.92. The molecule has 1 heterocycles. The van der Waals surface area contributed by atoms with E-state index in [9.17, 15) is 0 Å². The summed E-state index contributed by atoms with van der Waals surface area (Å²) < 4.78 is 11.1. The highest BCUT2D eigenvalue weighted by Crippen LogP contribution is 2.42. The van der Waals surface area contributed by atoms with Crippen molar-refractivity contribution in [1.82, 2.24) is 5.16 Å². The Labute approximate surface area is 158 Å². The summed E-state index contributed by atoms with van der Waals surface area (Å²) >= 11 is 0. The Bertz CT molecular complexity index is 1040. The summed E-state index contributed by atoms with van der Waals surface area (Å²) in [6.07, 6.45) is 0. The average molecular weight is 356 g/mol. The molecule has 0 amide bonds. The van der Waals surface area contributed by atoms with E-state index in [1.54, 1.807) is 7.11 Å². The molecule has 3 aromatic carbocycles. The third-order valence-corrected chi connectivity index (χ3v) is 4.56. The number of ether oxygens (including phenoxy) is 1. The molecule has 0 saturated carbocycles. The summed E-state index contributed by atoms with van der Waals surface area (Å²) in [6, 6.07) is 26.1. The van der Waals surface area contributed by atoms with Crippen LogP contribution >= 0.6 is 0 Å². The number of hydrogen-bond acceptors (Lipinski definition) is 4. The first kappa shape index (κ1) is 16.9. The van der Waals surface area contributed by atoms with Gasteiger partial charge in [0.2, 0.25) is 0 Å². The molecule has 0 aliphatic carbocycles. The van der Waals surface area contributed by atoms with Gasteiger partial charge in [-0.3, -0.25) is 0 Å². The summed E-state index contributed by atoms with van der Waals surface area (Å²) in [6.45, 7) is 0. The van der Waals surface area contributed by atoms with Gasteiger partial charge in [0.1, 0.15) is 11.4 Å². The van der Waals surface area contributed by atoms with E-state index >= 15 is 0 Å². The van der Waals surface area contributed by atoms with E-state index in [4.69, 9.17) is 9.26 Å². The van der Waals surface area contributed by atoms with Crippen LogP contribution < -0.4 is 10.1 Å². The maximum absolute atomic E-state index is 5.87. The molecular weight excluding hydrogens is 336 g/mol. The van der Waals surface area contributed by atoms with Crippen LogP contribution in [0.5, 0.6) is 5.75 Å². The molecule has 4 rings (SSSR count). The fraction of sp³-hybridized carbons (Fsp3) is 0.0870. The van der Waals surface area contributed by atoms with Crippen molar-refractivity contribution in [1.29, 1.82) is 0 Å². The molecule has 4 aromatic rings. The lowest BCUT2D eigenvalue weighted by atomic mass is 9.96. The van der Waals surface area contributed by atoms with Gasteiger partial charge < -0.3 is 14.6 Å². The lowest BCUT2D eigenvalue weighted by molar-refractivity contribution is 0.415. The fourth-order valence-electron chi connectivity index (χ4n) is 3.19. The van der Waals surface area contributed by atoms with Gasteiger partial charge in [-0.25, -0.2) is 0 Å². The second kappa shape index (κ2) is 7.38. The fourth-order valence-corrected chi connectivity index (χ4v) is 3.19. The zero-order valence-electron chi connectivity index (χ0n) is 15.3. The van der Waals surface area contributed by atoms with E-state index in [2.05, 4.69) is 22.6 Å². The van der Waals surface area contributed by atoms with Gasteiger partial charge in [-0.1, -0.05) is 47.6 Å². The lowest BCUT2D eigenvalue weighted by Gasteiger charge is -2.09. The Morgan fingerprint density at radius 3 is 2.22 bits per heavy atom. The summed E-state index contributed by atoms with van der Waals surface area (Å²) in [4.78, 5) is 0. The van der Waals surface area contributed by atoms with Gasteiger partial charge in [0, 0.05) is 23.9 Å². The van der Waals surface area contributed by atoms with Crippen LogP contribution in [0, 0.1) is 0 Å². The first-order valence-corrected chi connectivity index (χ1v) is 8.78. The summed E-state index contributed by atoms with van der Waals surface area (Å²) in [7, 11) is 3.56. The second-order valence-electron chi connectivity index (χ2n) is 6.13. The van der Waals surface area contributed by atoms with Crippen molar-refractivity contribution in [2.45, 2.75) is 0 Å². The summed E-state index contributed by atoms with van der Waals surface area (Å²) in [5, 5.41) is 7.66. The maximum atomic E-state index is 5.87. The van der Waals surface area contributed by atoms with E-state index in [1.165, 1.54) is 0 Å². The molecule has 0 spiro atoms. The Balaban J connectivity index is 1.94. The molecule has 1 aromatic heterocycles. The number of anilines is 1. The normalized spacial score (nSPS) is 10.6. The predicted molar refractivity (Wildman–Crippen MR) is 109 cm³/mol. The number of methoxy groups -OCH3 is 1. The zero-order valence-corrected chi connectivity index (χ0v) is 15.3. The van der Waals surface area contributed by atoms with E-state index in [-0.39, 0.29) is 0 Å². The van der Waals surface area contributed by atoms with Crippen molar-refractivity contribution in [3.05, 3.63) is 78.9 Å². The number of hydrogen-bond donors (Lipinski definition) is 1. The molecule has 0 bridgehead atoms. The largest absolute Gasteiger partial charge is 0.497 e. The van der Waals surface area contributed by atoms with E-state index < -0.39 is 0 Å². The van der Waals surface area contributed by atoms with Crippen molar-refractivity contribution in [2.24, 2.45) is 0 Å². The summed E-state index contributed by atoms with van der Waals surface area (Å²) in [5.74, 6) is 1.56. The van der Waals surface area contributed by atoms with Crippen LogP contribution in [0.4, 0.5) is 5.69 Å². The third-order valence-electron chi connectivity index (χ3n) is 4.56. The van der Waals surface area contributed by atoms with Crippen molar-refractivity contribution in [3.63, 3.8) is 0 Å². The van der Waals surface area contributed by atoms with Crippen molar-refractivity contribution >= 4 is 5.69 Å². The van der Waals surface area contributed by atoms with Crippen molar-refractivity contribution in [3.8, 4) is 39.5 Å². The van der Waals surface area contributed by atoms with Gasteiger partial charge in [0.05, 0.1) is 12.7 Å². The molecule has 0 unspecified atom stereocenters. The molecule has 134 valence electrons. The SMILES string of the molecule is CNc1ccccc1-c1onc(-c2ccc(OC)cc2)c1-c1ccccc1. The number of para-hydroxylation sites is 1. The molecule has 4 nitrogen and oxygen atoms in total. The van der Waals surface area contributed by atoms with Crippen LogP contribution in [0.2, 0.25) is 0 Å². The third kappa shape index (κ3) is 3.17. The standard InChI is InChI=1S/C23H20N2O2/c1-24-20-11-7-6-10-19(20)23-21(16-8-4-3-5-9-16)22(25-27-23)17-12-14-18(26-2)15-13-17/h3-15,24H,1-2H3. The number of aromatic nitrogens is 1. The number of nitrogens with one attached hydrogen (secondary N) is 1. The quantitative estimate of drug-likeness (QED) is 0.496. The van der Waals surface area contributed by atoms with Crippen LogP contribution in [-0.4, -0.2) is 19.3 Å². The van der Waals surface area contributed by atoms with Gasteiger partial charge >= 0.3 is 0 Å². The predicted octanol–water partition coefficient (Wildman–Crippen LogP) is 5.73. The monoisotopic (exact) mass is 356 g/mol. The Kier molecular flexibility index (Phi) is 4.62. The minimum atomic E-state index is 0.747. The maximum Gasteiger partial charge on any atom is 0.177 e. The Morgan fingerprint density at radius 1 is 0.815 bits per heavy atom. The van der Waals surface area contributed by atoms with Crippen LogP contribution in [0.25, 0.3) is 33.7 Å². The molecule has 0 fully saturated rings. The smallest absolute Gasteiger partial charge is 0.177 e. The van der Waals surface area contributed by atoms with Crippen LogP contribution in [0.3, 0.4) is 0 Å². The first-order valence-electron chi connectivity index (χ1n) is 8.78. The van der Waals surface area contributed by atoms with Gasteiger partial charge in [-0.15, -0.1) is 0 Å². The zero-order chi connectivity index (χ0) is 18.6. The van der Waals surface area contributed by atoms with Gasteiger partial charge in [0.25, 0.3) is 0 Å². The minimum Gasteiger partial charge on any atom is -0.497 e. The van der Waals surface area contributed by atoms with E-state index in [0.29, 0.717) is 0 Å². The molecular formula is C23H20N2O2. The number of benzene rings is 3. The number of rotatable bonds is 5. The molecule has 0 atom stereocenters. The molecule has 0 saturated heterocycles. The van der Waals surface area contributed by atoms with Gasteiger partial charge in [-0.2, -0.15) is 0 Å². The van der Waals surface area contributed by atoms with Gasteiger partial charge in [-0.05, 0) is 42.0 Å². The van der Waals surface area contributed by atoms with Crippen molar-refractivity contribution in [2.75, 3.05) is 19.5 Å². The number of nitrogens with zero attached hydrogens (tertiary/aromatic N) is 1. The molecule has 0 radical (unpaired) electrons. The molecule has 27 heavy (non-hydrogen) atoms. The van der Waals surface area contributed by atoms with E-state index in [0.717, 1.165) is 45.1 Å². The molecule has 0 aliphatic rings.